The number of aryl methyl sites for hydroxylation is 1. The number of nitrogens with zero attached hydrogens (tertiary/aromatic N) is 2. The molecular weight excluding hydrogens is 441 g/mol. The van der Waals surface area contributed by atoms with Crippen molar-refractivity contribution >= 4 is 10.0 Å². The zero-order valence-corrected chi connectivity index (χ0v) is 19.6. The van der Waals surface area contributed by atoms with Crippen molar-refractivity contribution < 1.29 is 12.8 Å². The number of hydrogen-bond donors (Lipinski definition) is 1. The first-order valence-electron chi connectivity index (χ1n) is 11.1. The third-order valence-corrected chi connectivity index (χ3v) is 7.13. The third-order valence-electron chi connectivity index (χ3n) is 6.18. The lowest BCUT2D eigenvalue weighted by molar-refractivity contribution is 0.407. The molecule has 0 spiro atoms. The van der Waals surface area contributed by atoms with Gasteiger partial charge in [-0.2, -0.15) is 0 Å². The van der Waals surface area contributed by atoms with E-state index >= 15 is 0 Å². The van der Waals surface area contributed by atoms with Crippen LogP contribution >= 0.6 is 0 Å². The fraction of sp³-hybridized carbons (Fsp3) is 0.360. The molecule has 1 aliphatic carbocycles. The molecule has 0 amide bonds. The second-order valence-corrected chi connectivity index (χ2v) is 10.5. The van der Waals surface area contributed by atoms with E-state index in [1.54, 1.807) is 10.9 Å². The van der Waals surface area contributed by atoms with Crippen LogP contribution in [0, 0.1) is 0 Å². The topological polar surface area (TPSA) is 81.1 Å². The molecule has 6 nitrogen and oxygen atoms in total. The number of fused-ring (bicyclic) bond motifs is 1. The minimum absolute atomic E-state index is 0.0831. The van der Waals surface area contributed by atoms with Crippen molar-refractivity contribution in [2.75, 3.05) is 6.01 Å². The van der Waals surface area contributed by atoms with Gasteiger partial charge in [-0.25, -0.2) is 22.5 Å². The van der Waals surface area contributed by atoms with Crippen LogP contribution in [0.25, 0.3) is 11.1 Å². The van der Waals surface area contributed by atoms with Crippen molar-refractivity contribution in [3.05, 3.63) is 88.1 Å². The Balaban J connectivity index is 1.77. The summed E-state index contributed by atoms with van der Waals surface area (Å²) >= 11 is 0. The van der Waals surface area contributed by atoms with E-state index in [0.717, 1.165) is 16.7 Å². The zero-order chi connectivity index (χ0) is 23.6. The smallest absolute Gasteiger partial charge is 0.257 e. The monoisotopic (exact) mass is 469 g/mol. The molecule has 0 saturated heterocycles. The van der Waals surface area contributed by atoms with Crippen molar-refractivity contribution in [2.24, 2.45) is 0 Å². The number of alkyl halides is 1. The summed E-state index contributed by atoms with van der Waals surface area (Å²) in [7, 11) is -4.08. The molecule has 1 heterocycles. The maximum absolute atomic E-state index is 13.4. The van der Waals surface area contributed by atoms with Crippen LogP contribution in [0.1, 0.15) is 49.0 Å². The van der Waals surface area contributed by atoms with Gasteiger partial charge in [-0.1, -0.05) is 54.6 Å². The lowest BCUT2D eigenvalue weighted by Crippen LogP contribution is -2.46. The van der Waals surface area contributed by atoms with E-state index in [4.69, 9.17) is 0 Å². The van der Waals surface area contributed by atoms with Gasteiger partial charge in [0, 0.05) is 23.6 Å². The van der Waals surface area contributed by atoms with Crippen molar-refractivity contribution in [1.82, 2.24) is 14.3 Å². The normalized spacial score (nSPS) is 18.3. The predicted octanol–water partition coefficient (Wildman–Crippen LogP) is 3.98. The summed E-state index contributed by atoms with van der Waals surface area (Å²) in [4.78, 5) is 17.9. The molecule has 0 fully saturated rings. The molecule has 174 valence electrons. The summed E-state index contributed by atoms with van der Waals surface area (Å²) in [6, 6.07) is 15.8. The molecule has 8 heteroatoms. The highest BCUT2D eigenvalue weighted by molar-refractivity contribution is 7.89. The van der Waals surface area contributed by atoms with E-state index in [-0.39, 0.29) is 11.6 Å². The molecule has 0 aliphatic heterocycles. The predicted molar refractivity (Wildman–Crippen MR) is 127 cm³/mol. The summed E-state index contributed by atoms with van der Waals surface area (Å²) in [6.07, 6.45) is 2.91. The van der Waals surface area contributed by atoms with Gasteiger partial charge in [0.05, 0.1) is 12.0 Å². The van der Waals surface area contributed by atoms with Crippen LogP contribution in [-0.4, -0.2) is 30.0 Å². The molecule has 33 heavy (non-hydrogen) atoms. The Morgan fingerprint density at radius 3 is 2.55 bits per heavy atom. The van der Waals surface area contributed by atoms with Gasteiger partial charge in [-0.15, -0.1) is 0 Å². The second kappa shape index (κ2) is 9.57. The van der Waals surface area contributed by atoms with Crippen molar-refractivity contribution in [2.45, 2.75) is 51.1 Å². The number of aromatic nitrogens is 2. The lowest BCUT2D eigenvalue weighted by Gasteiger charge is -2.33. The molecule has 4 rings (SSSR count). The van der Waals surface area contributed by atoms with E-state index in [1.165, 1.54) is 0 Å². The molecule has 2 aromatic carbocycles. The number of rotatable bonds is 7. The van der Waals surface area contributed by atoms with Gasteiger partial charge in [-0.3, -0.25) is 9.36 Å². The number of nitrogens with one attached hydrogen (secondary N) is 1. The summed E-state index contributed by atoms with van der Waals surface area (Å²) in [5, 5.41) is 0. The third kappa shape index (κ3) is 5.07. The lowest BCUT2D eigenvalue weighted by atomic mass is 9.78. The van der Waals surface area contributed by atoms with Gasteiger partial charge in [0.1, 0.15) is 0 Å². The Bertz CT molecular complexity index is 1290. The first-order valence-corrected chi connectivity index (χ1v) is 12.7. The van der Waals surface area contributed by atoms with E-state index in [1.807, 2.05) is 62.4 Å². The molecule has 3 aromatic rings. The Kier molecular flexibility index (Phi) is 6.76. The van der Waals surface area contributed by atoms with E-state index in [0.29, 0.717) is 30.5 Å². The number of hydrogen-bond acceptors (Lipinski definition) is 4. The summed E-state index contributed by atoms with van der Waals surface area (Å²) in [5.41, 5.74) is 4.13. The average molecular weight is 470 g/mol. The second-order valence-electron chi connectivity index (χ2n) is 8.78. The molecule has 1 N–H and O–H groups in total. The van der Waals surface area contributed by atoms with Crippen molar-refractivity contribution in [1.29, 1.82) is 0 Å². The van der Waals surface area contributed by atoms with Gasteiger partial charge >= 0.3 is 0 Å². The van der Waals surface area contributed by atoms with Crippen LogP contribution < -0.4 is 10.3 Å². The fourth-order valence-electron chi connectivity index (χ4n) is 4.56. The number of halogens is 1. The number of sulfonamides is 1. The minimum atomic E-state index is -4.08. The van der Waals surface area contributed by atoms with Crippen LogP contribution in [0.4, 0.5) is 4.39 Å². The first kappa shape index (κ1) is 23.3. The van der Waals surface area contributed by atoms with Gasteiger partial charge in [0.2, 0.25) is 16.0 Å². The van der Waals surface area contributed by atoms with Gasteiger partial charge < -0.3 is 0 Å². The molecule has 0 unspecified atom stereocenters. The largest absolute Gasteiger partial charge is 0.296 e. The zero-order valence-electron chi connectivity index (χ0n) is 18.7. The average Bonchev–Trinajstić information content (AvgIpc) is 2.81. The Morgan fingerprint density at radius 2 is 1.85 bits per heavy atom. The van der Waals surface area contributed by atoms with Crippen LogP contribution in [0.5, 0.6) is 0 Å². The quantitative estimate of drug-likeness (QED) is 0.568. The first-order chi connectivity index (χ1) is 15.8. The van der Waals surface area contributed by atoms with E-state index in [9.17, 15) is 17.6 Å². The Labute approximate surface area is 193 Å². The summed E-state index contributed by atoms with van der Waals surface area (Å²) < 4.78 is 41.4. The summed E-state index contributed by atoms with van der Waals surface area (Å²) in [5.74, 6) is -0.452. The van der Waals surface area contributed by atoms with Crippen LogP contribution in [-0.2, 0) is 22.9 Å². The van der Waals surface area contributed by atoms with Crippen molar-refractivity contribution in [3.8, 4) is 11.1 Å². The molecule has 0 radical (unpaired) electrons. The SMILES string of the molecule is CC(C)n1cnc2c(c1=O)[C@@H](Cc1cccc(-c3ccccc3)c1)[C@@H](NS(=O)(=O)CF)CC2. The standard InChI is InChI=1S/C25H28FN3O3S/c1-17(2)29-16-27-23-12-11-22(28-33(31,32)15-26)21(24(23)25(29)30)14-18-7-6-10-20(13-18)19-8-4-3-5-9-19/h3-10,13,16-17,21-22,28H,11-12,14-15H2,1-2H3/t21-,22-/m0/s1. The highest BCUT2D eigenvalue weighted by Gasteiger charge is 2.36. The van der Waals surface area contributed by atoms with Gasteiger partial charge in [-0.05, 0) is 49.8 Å². The Morgan fingerprint density at radius 1 is 1.12 bits per heavy atom. The van der Waals surface area contributed by atoms with Crippen LogP contribution in [0.2, 0.25) is 0 Å². The minimum Gasteiger partial charge on any atom is -0.296 e. The highest BCUT2D eigenvalue weighted by Crippen LogP contribution is 2.33. The fourth-order valence-corrected chi connectivity index (χ4v) is 5.37. The van der Waals surface area contributed by atoms with Crippen LogP contribution in [0.3, 0.4) is 0 Å². The molecular formula is C25H28FN3O3S. The van der Waals surface area contributed by atoms with Gasteiger partial charge in [0.15, 0.2) is 0 Å². The molecule has 2 atom stereocenters. The van der Waals surface area contributed by atoms with Gasteiger partial charge in [0.25, 0.3) is 5.56 Å². The number of benzene rings is 2. The van der Waals surface area contributed by atoms with Crippen LogP contribution in [0.15, 0.2) is 65.7 Å². The maximum Gasteiger partial charge on any atom is 0.257 e. The Hall–Kier alpha value is -2.84. The van der Waals surface area contributed by atoms with E-state index < -0.39 is 28.0 Å². The van der Waals surface area contributed by atoms with E-state index in [2.05, 4.69) is 15.8 Å². The summed E-state index contributed by atoms with van der Waals surface area (Å²) in [6.45, 7) is 3.81. The van der Waals surface area contributed by atoms with Crippen molar-refractivity contribution in [3.63, 3.8) is 0 Å². The highest BCUT2D eigenvalue weighted by atomic mass is 32.2. The molecule has 1 aromatic heterocycles. The molecule has 0 saturated carbocycles. The molecule has 1 aliphatic rings. The molecule has 0 bridgehead atoms. The maximum atomic E-state index is 13.4.